The fourth-order valence-electron chi connectivity index (χ4n) is 1.01. The fourth-order valence-corrected chi connectivity index (χ4v) is 1.01. The number of rotatable bonds is 1. The lowest BCUT2D eigenvalue weighted by Crippen LogP contribution is -2.42. The highest BCUT2D eigenvalue weighted by molar-refractivity contribution is 5.94. The first-order valence-electron chi connectivity index (χ1n) is 4.40. The van der Waals surface area contributed by atoms with Crippen molar-refractivity contribution < 1.29 is 4.79 Å². The molecule has 0 saturated heterocycles. The summed E-state index contributed by atoms with van der Waals surface area (Å²) in [6, 6.07) is 3.12. The van der Waals surface area contributed by atoms with E-state index in [0.717, 1.165) is 0 Å². The van der Waals surface area contributed by atoms with Crippen molar-refractivity contribution in [1.29, 1.82) is 0 Å². The highest BCUT2D eigenvalue weighted by Gasteiger charge is 2.16. The van der Waals surface area contributed by atoms with Gasteiger partial charge < -0.3 is 10.3 Å². The molecule has 4 nitrogen and oxygen atoms in total. The minimum atomic E-state index is -0.366. The summed E-state index contributed by atoms with van der Waals surface area (Å²) in [5.41, 5.74) is -0.559. The molecule has 4 heteroatoms. The molecule has 0 aliphatic heterocycles. The molecule has 76 valence electrons. The first kappa shape index (κ1) is 10.5. The Kier molecular flexibility index (Phi) is 2.74. The van der Waals surface area contributed by atoms with Gasteiger partial charge in [-0.2, -0.15) is 0 Å². The van der Waals surface area contributed by atoms with Crippen LogP contribution < -0.4 is 10.9 Å². The lowest BCUT2D eigenvalue weighted by atomic mass is 10.1. The second-order valence-electron chi connectivity index (χ2n) is 4.12. The van der Waals surface area contributed by atoms with Gasteiger partial charge in [0.2, 0.25) is 0 Å². The van der Waals surface area contributed by atoms with Crippen LogP contribution in [0.5, 0.6) is 0 Å². The molecule has 1 aromatic rings. The summed E-state index contributed by atoms with van der Waals surface area (Å²) in [4.78, 5) is 25.2. The van der Waals surface area contributed by atoms with Gasteiger partial charge in [0.25, 0.3) is 11.5 Å². The van der Waals surface area contributed by atoms with Gasteiger partial charge in [0, 0.05) is 11.7 Å². The number of carbonyl (C=O) groups is 1. The summed E-state index contributed by atoms with van der Waals surface area (Å²) in [7, 11) is 0. The number of hydrogen-bond donors (Lipinski definition) is 2. The lowest BCUT2D eigenvalue weighted by Gasteiger charge is -2.19. The van der Waals surface area contributed by atoms with E-state index in [-0.39, 0.29) is 22.6 Å². The van der Waals surface area contributed by atoms with Crippen LogP contribution >= 0.6 is 0 Å². The fraction of sp³-hybridized carbons (Fsp3) is 0.400. The van der Waals surface area contributed by atoms with Crippen molar-refractivity contribution in [2.75, 3.05) is 0 Å². The number of H-pyrrole nitrogens is 1. The molecule has 0 fully saturated rings. The van der Waals surface area contributed by atoms with Crippen molar-refractivity contribution >= 4 is 5.91 Å². The summed E-state index contributed by atoms with van der Waals surface area (Å²) in [5.74, 6) is -0.348. The van der Waals surface area contributed by atoms with Crippen molar-refractivity contribution in [1.82, 2.24) is 10.3 Å². The normalized spacial score (nSPS) is 11.1. The van der Waals surface area contributed by atoms with E-state index < -0.39 is 0 Å². The average molecular weight is 194 g/mol. The van der Waals surface area contributed by atoms with E-state index in [1.807, 2.05) is 20.8 Å². The number of carbonyl (C=O) groups excluding carboxylic acids is 1. The molecule has 0 aliphatic carbocycles. The molecule has 0 spiro atoms. The maximum Gasteiger partial charge on any atom is 0.260 e. The van der Waals surface area contributed by atoms with Gasteiger partial charge >= 0.3 is 0 Å². The van der Waals surface area contributed by atoms with E-state index >= 15 is 0 Å². The summed E-state index contributed by atoms with van der Waals surface area (Å²) in [6.45, 7) is 5.59. The third-order valence-corrected chi connectivity index (χ3v) is 1.55. The maximum absolute atomic E-state index is 11.6. The topological polar surface area (TPSA) is 62.0 Å². The minimum absolute atomic E-state index is 0.141. The summed E-state index contributed by atoms with van der Waals surface area (Å²) < 4.78 is 0. The third-order valence-electron chi connectivity index (χ3n) is 1.55. The number of hydrogen-bond acceptors (Lipinski definition) is 2. The second kappa shape index (κ2) is 3.65. The zero-order valence-electron chi connectivity index (χ0n) is 8.55. The van der Waals surface area contributed by atoms with Crippen LogP contribution in [0.25, 0.3) is 0 Å². The van der Waals surface area contributed by atoms with E-state index in [1.165, 1.54) is 12.3 Å². The van der Waals surface area contributed by atoms with E-state index in [0.29, 0.717) is 0 Å². The Morgan fingerprint density at radius 3 is 2.57 bits per heavy atom. The minimum Gasteiger partial charge on any atom is -0.347 e. The van der Waals surface area contributed by atoms with Crippen molar-refractivity contribution in [2.45, 2.75) is 26.3 Å². The Bertz CT molecular complexity index is 388. The zero-order chi connectivity index (χ0) is 10.8. The molecule has 0 radical (unpaired) electrons. The van der Waals surface area contributed by atoms with E-state index in [1.54, 1.807) is 6.07 Å². The van der Waals surface area contributed by atoms with E-state index in [9.17, 15) is 9.59 Å². The van der Waals surface area contributed by atoms with Crippen molar-refractivity contribution in [3.8, 4) is 0 Å². The monoisotopic (exact) mass is 194 g/mol. The number of nitrogens with one attached hydrogen (secondary N) is 2. The molecule has 1 rings (SSSR count). The van der Waals surface area contributed by atoms with Crippen LogP contribution in [0.4, 0.5) is 0 Å². The third kappa shape index (κ3) is 2.73. The molecule has 1 amide bonds. The Morgan fingerprint density at radius 1 is 1.43 bits per heavy atom. The zero-order valence-corrected chi connectivity index (χ0v) is 8.55. The van der Waals surface area contributed by atoms with Gasteiger partial charge in [-0.3, -0.25) is 9.59 Å². The van der Waals surface area contributed by atoms with Crippen LogP contribution in [0.3, 0.4) is 0 Å². The van der Waals surface area contributed by atoms with Gasteiger partial charge in [-0.1, -0.05) is 0 Å². The molecule has 1 heterocycles. The van der Waals surface area contributed by atoms with Crippen LogP contribution in [0, 0.1) is 0 Å². The van der Waals surface area contributed by atoms with Crippen LogP contribution in [-0.4, -0.2) is 16.4 Å². The van der Waals surface area contributed by atoms with Crippen LogP contribution in [0.2, 0.25) is 0 Å². The Hall–Kier alpha value is -1.58. The summed E-state index contributed by atoms with van der Waals surface area (Å²) >= 11 is 0. The molecule has 0 saturated carbocycles. The van der Waals surface area contributed by atoms with E-state index in [2.05, 4.69) is 10.3 Å². The highest BCUT2D eigenvalue weighted by atomic mass is 16.2. The highest BCUT2D eigenvalue weighted by Crippen LogP contribution is 2.00. The van der Waals surface area contributed by atoms with Crippen molar-refractivity contribution in [3.63, 3.8) is 0 Å². The number of aromatic nitrogens is 1. The molecule has 1 aromatic heterocycles. The number of aromatic amines is 1. The Labute approximate surface area is 82.3 Å². The molecule has 14 heavy (non-hydrogen) atoms. The van der Waals surface area contributed by atoms with Crippen molar-refractivity contribution in [3.05, 3.63) is 34.2 Å². The predicted molar refractivity (Wildman–Crippen MR) is 54.3 cm³/mol. The van der Waals surface area contributed by atoms with Crippen LogP contribution in [0.1, 0.15) is 31.1 Å². The van der Waals surface area contributed by atoms with Gasteiger partial charge in [-0.15, -0.1) is 0 Å². The standard InChI is InChI=1S/C10H14N2O2/c1-10(2,3)12-9(14)7-5-4-6-11-8(7)13/h4-6H,1-3H3,(H,11,13)(H,12,14). The Balaban J connectivity index is 2.92. The van der Waals surface area contributed by atoms with Gasteiger partial charge in [0.1, 0.15) is 5.56 Å². The van der Waals surface area contributed by atoms with E-state index in [4.69, 9.17) is 0 Å². The first-order valence-corrected chi connectivity index (χ1v) is 4.40. The molecule has 0 unspecified atom stereocenters. The first-order chi connectivity index (χ1) is 6.40. The molecule has 0 atom stereocenters. The Morgan fingerprint density at radius 2 is 2.07 bits per heavy atom. The molecular formula is C10H14N2O2. The molecule has 0 aromatic carbocycles. The maximum atomic E-state index is 11.6. The van der Waals surface area contributed by atoms with Crippen LogP contribution in [-0.2, 0) is 0 Å². The van der Waals surface area contributed by atoms with Crippen molar-refractivity contribution in [2.24, 2.45) is 0 Å². The molecular weight excluding hydrogens is 180 g/mol. The largest absolute Gasteiger partial charge is 0.347 e. The smallest absolute Gasteiger partial charge is 0.260 e. The average Bonchev–Trinajstić information content (AvgIpc) is 2.01. The quantitative estimate of drug-likeness (QED) is 0.697. The SMILES string of the molecule is CC(C)(C)NC(=O)c1ccc[nH]c1=O. The van der Waals surface area contributed by atoms with Gasteiger partial charge in [-0.25, -0.2) is 0 Å². The summed E-state index contributed by atoms with van der Waals surface area (Å²) in [5, 5.41) is 2.72. The van der Waals surface area contributed by atoms with Gasteiger partial charge in [-0.05, 0) is 32.9 Å². The van der Waals surface area contributed by atoms with Crippen LogP contribution in [0.15, 0.2) is 23.1 Å². The predicted octanol–water partition coefficient (Wildman–Crippen LogP) is 0.903. The number of pyridine rings is 1. The molecule has 0 bridgehead atoms. The number of amides is 1. The van der Waals surface area contributed by atoms with Gasteiger partial charge in [0.15, 0.2) is 0 Å². The summed E-state index contributed by atoms with van der Waals surface area (Å²) in [6.07, 6.45) is 1.50. The lowest BCUT2D eigenvalue weighted by molar-refractivity contribution is 0.0918. The molecule has 2 N–H and O–H groups in total. The van der Waals surface area contributed by atoms with Gasteiger partial charge in [0.05, 0.1) is 0 Å². The molecule has 0 aliphatic rings. The second-order valence-corrected chi connectivity index (χ2v) is 4.12.